The van der Waals surface area contributed by atoms with Crippen molar-refractivity contribution in [2.24, 2.45) is 0 Å². The Labute approximate surface area is 189 Å². The number of nitrogens with zero attached hydrogens (tertiary/aromatic N) is 4. The molecule has 0 saturated heterocycles. The van der Waals surface area contributed by atoms with Gasteiger partial charge >= 0.3 is 12.3 Å². The van der Waals surface area contributed by atoms with Gasteiger partial charge in [-0.05, 0) is 48.6 Å². The molecule has 11 heteroatoms. The second-order valence-corrected chi connectivity index (χ2v) is 7.90. The van der Waals surface area contributed by atoms with Crippen LogP contribution in [0, 0.1) is 11.3 Å². The lowest BCUT2D eigenvalue weighted by molar-refractivity contribution is -0.274. The lowest BCUT2D eigenvalue weighted by atomic mass is 10.1. The number of carboxylic acid groups (broad SMARTS) is 1. The van der Waals surface area contributed by atoms with Gasteiger partial charge in [0.15, 0.2) is 0 Å². The van der Waals surface area contributed by atoms with Gasteiger partial charge in [-0.15, -0.1) is 13.2 Å². The summed E-state index contributed by atoms with van der Waals surface area (Å²) in [5.74, 6) is -1.33. The molecule has 172 valence electrons. The molecule has 0 radical (unpaired) electrons. The molecule has 5 rings (SSSR count). The first kappa shape index (κ1) is 21.5. The minimum Gasteiger partial charge on any atom is -0.481 e. The molecule has 4 aromatic rings. The molecule has 0 spiro atoms. The molecular weight excluding hydrogens is 453 g/mol. The van der Waals surface area contributed by atoms with Crippen LogP contribution >= 0.6 is 0 Å². The Kier molecular flexibility index (Phi) is 5.01. The van der Waals surface area contributed by atoms with Gasteiger partial charge in [0.1, 0.15) is 5.75 Å². The van der Waals surface area contributed by atoms with Crippen molar-refractivity contribution in [1.29, 1.82) is 5.26 Å². The highest BCUT2D eigenvalue weighted by Crippen LogP contribution is 2.37. The van der Waals surface area contributed by atoms with Crippen LogP contribution in [0.5, 0.6) is 5.75 Å². The first-order valence-electron chi connectivity index (χ1n) is 10.2. The van der Waals surface area contributed by atoms with E-state index >= 15 is 0 Å². The number of aromatic nitrogens is 3. The minimum absolute atomic E-state index is 0.0188. The number of halogens is 3. The molecule has 0 saturated carbocycles. The number of carbonyl (C=O) groups is 1. The van der Waals surface area contributed by atoms with Crippen molar-refractivity contribution in [1.82, 2.24) is 14.7 Å². The SMILES string of the molecule is N#Cc1cc(OC(F)(F)F)cc(-c2nc(-c3ccc4cc5n(c4c3)C(CC(=O)O)CC5)no2)c1. The van der Waals surface area contributed by atoms with Crippen molar-refractivity contribution in [2.75, 3.05) is 0 Å². The van der Waals surface area contributed by atoms with Crippen molar-refractivity contribution in [3.63, 3.8) is 0 Å². The van der Waals surface area contributed by atoms with Gasteiger partial charge in [-0.3, -0.25) is 4.79 Å². The monoisotopic (exact) mass is 468 g/mol. The number of alkyl halides is 3. The highest BCUT2D eigenvalue weighted by Gasteiger charge is 2.32. The van der Waals surface area contributed by atoms with E-state index in [1.165, 1.54) is 6.07 Å². The normalized spacial score (nSPS) is 15.3. The molecule has 1 N–H and O–H groups in total. The van der Waals surface area contributed by atoms with E-state index in [2.05, 4.69) is 14.9 Å². The Balaban J connectivity index is 1.51. The highest BCUT2D eigenvalue weighted by molar-refractivity contribution is 5.86. The smallest absolute Gasteiger partial charge is 0.481 e. The zero-order valence-corrected chi connectivity index (χ0v) is 17.3. The minimum atomic E-state index is -4.92. The molecule has 1 aliphatic rings. The van der Waals surface area contributed by atoms with Crippen LogP contribution in [0.4, 0.5) is 13.2 Å². The summed E-state index contributed by atoms with van der Waals surface area (Å²) in [6.45, 7) is 0. The number of benzene rings is 2. The molecule has 0 bridgehead atoms. The fourth-order valence-electron chi connectivity index (χ4n) is 4.32. The number of ether oxygens (including phenoxy) is 1. The predicted octanol–water partition coefficient (Wildman–Crippen LogP) is 5.09. The van der Waals surface area contributed by atoms with Crippen LogP contribution in [0.25, 0.3) is 33.7 Å². The Morgan fingerprint density at radius 3 is 2.79 bits per heavy atom. The zero-order valence-electron chi connectivity index (χ0n) is 17.3. The van der Waals surface area contributed by atoms with E-state index in [1.807, 2.05) is 22.8 Å². The van der Waals surface area contributed by atoms with Crippen molar-refractivity contribution in [3.8, 4) is 34.7 Å². The second-order valence-electron chi connectivity index (χ2n) is 7.90. The Morgan fingerprint density at radius 2 is 2.06 bits per heavy atom. The molecule has 3 heterocycles. The third-order valence-electron chi connectivity index (χ3n) is 5.63. The van der Waals surface area contributed by atoms with E-state index in [-0.39, 0.29) is 35.3 Å². The maximum Gasteiger partial charge on any atom is 0.573 e. The van der Waals surface area contributed by atoms with Gasteiger partial charge in [0.2, 0.25) is 5.82 Å². The molecule has 1 unspecified atom stereocenters. The summed E-state index contributed by atoms with van der Waals surface area (Å²) in [6.07, 6.45) is -3.38. The lowest BCUT2D eigenvalue weighted by Crippen LogP contribution is -2.17. The van der Waals surface area contributed by atoms with Gasteiger partial charge in [0.05, 0.1) is 18.1 Å². The quantitative estimate of drug-likeness (QED) is 0.434. The van der Waals surface area contributed by atoms with Gasteiger partial charge in [0.25, 0.3) is 5.89 Å². The summed E-state index contributed by atoms with van der Waals surface area (Å²) in [5, 5.41) is 23.3. The molecule has 0 fully saturated rings. The van der Waals surface area contributed by atoms with Crippen LogP contribution in [0.1, 0.15) is 30.1 Å². The van der Waals surface area contributed by atoms with Crippen molar-refractivity contribution < 1.29 is 32.3 Å². The number of hydrogen-bond donors (Lipinski definition) is 1. The molecule has 0 amide bonds. The van der Waals surface area contributed by atoms with Gasteiger partial charge < -0.3 is 18.9 Å². The van der Waals surface area contributed by atoms with E-state index in [4.69, 9.17) is 9.78 Å². The van der Waals surface area contributed by atoms with Gasteiger partial charge in [-0.1, -0.05) is 17.3 Å². The zero-order chi connectivity index (χ0) is 24.0. The van der Waals surface area contributed by atoms with E-state index < -0.39 is 18.1 Å². The highest BCUT2D eigenvalue weighted by atomic mass is 19.4. The number of carboxylic acids is 1. The second kappa shape index (κ2) is 7.91. The van der Waals surface area contributed by atoms with Crippen LogP contribution < -0.4 is 4.74 Å². The molecule has 2 aromatic heterocycles. The summed E-state index contributed by atoms with van der Waals surface area (Å²) in [7, 11) is 0. The van der Waals surface area contributed by atoms with E-state index in [0.717, 1.165) is 41.6 Å². The maximum absolute atomic E-state index is 12.6. The first-order chi connectivity index (χ1) is 16.2. The van der Waals surface area contributed by atoms with Crippen LogP contribution in [-0.2, 0) is 11.2 Å². The fourth-order valence-corrected chi connectivity index (χ4v) is 4.32. The molecule has 8 nitrogen and oxygen atoms in total. The lowest BCUT2D eigenvalue weighted by Gasteiger charge is -2.13. The van der Waals surface area contributed by atoms with Crippen molar-refractivity contribution >= 4 is 16.9 Å². The largest absolute Gasteiger partial charge is 0.573 e. The number of rotatable bonds is 5. The predicted molar refractivity (Wildman–Crippen MR) is 112 cm³/mol. The average Bonchev–Trinajstić information content (AvgIpc) is 3.48. The molecule has 1 atom stereocenters. The van der Waals surface area contributed by atoms with Crippen LogP contribution in [0.2, 0.25) is 0 Å². The third kappa shape index (κ3) is 4.05. The number of nitriles is 1. The summed E-state index contributed by atoms with van der Waals surface area (Å²) in [4.78, 5) is 15.5. The molecule has 1 aliphatic heterocycles. The topological polar surface area (TPSA) is 114 Å². The molecular formula is C23H15F3N4O4. The number of aliphatic carboxylic acids is 1. The van der Waals surface area contributed by atoms with Crippen molar-refractivity contribution in [2.45, 2.75) is 31.7 Å². The Hall–Kier alpha value is -4.33. The summed E-state index contributed by atoms with van der Waals surface area (Å²) in [6, 6.07) is 12.5. The first-order valence-corrected chi connectivity index (χ1v) is 10.2. The summed E-state index contributed by atoms with van der Waals surface area (Å²) < 4.78 is 49.1. The van der Waals surface area contributed by atoms with Gasteiger partial charge in [-0.25, -0.2) is 0 Å². The van der Waals surface area contributed by atoms with E-state index in [9.17, 15) is 23.1 Å². The summed E-state index contributed by atoms with van der Waals surface area (Å²) >= 11 is 0. The Morgan fingerprint density at radius 1 is 1.24 bits per heavy atom. The Bertz CT molecular complexity index is 1470. The van der Waals surface area contributed by atoms with Gasteiger partial charge in [0, 0.05) is 28.4 Å². The van der Waals surface area contributed by atoms with Crippen LogP contribution in [-0.4, -0.2) is 32.1 Å². The van der Waals surface area contributed by atoms with Gasteiger partial charge in [-0.2, -0.15) is 10.2 Å². The number of fused-ring (bicyclic) bond motifs is 3. The van der Waals surface area contributed by atoms with E-state index in [0.29, 0.717) is 5.56 Å². The fraction of sp³-hybridized carbons (Fsp3) is 0.217. The average molecular weight is 468 g/mol. The standard InChI is InChI=1S/C23H15F3N4O4/c24-23(25,26)33-18-6-12(11-27)5-15(8-18)22-28-21(29-34-22)14-2-1-13-7-16-3-4-17(10-20(31)32)30(16)19(13)9-14/h1-2,5-9,17H,3-4,10H2,(H,31,32). The maximum atomic E-state index is 12.6. The van der Waals surface area contributed by atoms with Crippen LogP contribution in [0.3, 0.4) is 0 Å². The number of hydrogen-bond acceptors (Lipinski definition) is 6. The third-order valence-corrected chi connectivity index (χ3v) is 5.63. The van der Waals surface area contributed by atoms with Crippen LogP contribution in [0.15, 0.2) is 47.0 Å². The molecule has 34 heavy (non-hydrogen) atoms. The van der Waals surface area contributed by atoms with Crippen molar-refractivity contribution in [3.05, 3.63) is 53.7 Å². The number of aryl methyl sites for hydroxylation is 1. The summed E-state index contributed by atoms with van der Waals surface area (Å²) in [5.41, 5.74) is 2.52. The molecule has 2 aromatic carbocycles. The molecule has 0 aliphatic carbocycles. The van der Waals surface area contributed by atoms with E-state index in [1.54, 1.807) is 12.1 Å².